The average molecular weight is 483 g/mol. The number of carboxylic acids is 1. The first kappa shape index (κ1) is 26.1. The smallest absolute Gasteiger partial charge is 0.414 e. The van der Waals surface area contributed by atoms with Gasteiger partial charge in [-0.25, -0.2) is 9.59 Å². The molecule has 3 rings (SSSR count). The minimum atomic E-state index is -1.16. The van der Waals surface area contributed by atoms with Crippen molar-refractivity contribution in [2.24, 2.45) is 0 Å². The van der Waals surface area contributed by atoms with Gasteiger partial charge >= 0.3 is 12.1 Å². The molecule has 0 fully saturated rings. The van der Waals surface area contributed by atoms with Gasteiger partial charge in [0.05, 0.1) is 32.1 Å². The Balaban J connectivity index is 1.65. The molecule has 0 radical (unpaired) electrons. The van der Waals surface area contributed by atoms with Crippen molar-refractivity contribution in [2.75, 3.05) is 51.9 Å². The maximum absolute atomic E-state index is 12.8. The van der Waals surface area contributed by atoms with Crippen LogP contribution in [-0.4, -0.2) is 69.1 Å². The predicted octanol–water partition coefficient (Wildman–Crippen LogP) is 4.93. The highest BCUT2D eigenvalue weighted by Crippen LogP contribution is 2.36. The predicted molar refractivity (Wildman–Crippen MR) is 136 cm³/mol. The average Bonchev–Trinajstić information content (AvgIpc) is 2.88. The highest BCUT2D eigenvalue weighted by Gasteiger charge is 2.25. The molecule has 1 heterocycles. The Labute approximate surface area is 206 Å². The van der Waals surface area contributed by atoms with Crippen LogP contribution < -0.4 is 14.4 Å². The number of amides is 1. The number of carboxylic acid groups (broad SMARTS) is 1. The number of hydrogen-bond donors (Lipinski definition) is 1. The fraction of sp³-hybridized carbons (Fsp3) is 0.407. The summed E-state index contributed by atoms with van der Waals surface area (Å²) in [6, 6.07) is 13.3. The van der Waals surface area contributed by atoms with Crippen LogP contribution in [0.3, 0.4) is 0 Å². The van der Waals surface area contributed by atoms with Crippen molar-refractivity contribution in [2.45, 2.75) is 26.2 Å². The minimum absolute atomic E-state index is 0.0506. The summed E-state index contributed by atoms with van der Waals surface area (Å²) in [4.78, 5) is 28.5. The third-order valence-electron chi connectivity index (χ3n) is 6.06. The summed E-state index contributed by atoms with van der Waals surface area (Å²) in [5.74, 6) is -0.536. The fourth-order valence-electron chi connectivity index (χ4n) is 4.21. The van der Waals surface area contributed by atoms with E-state index in [1.165, 1.54) is 42.4 Å². The molecule has 0 spiro atoms. The van der Waals surface area contributed by atoms with Crippen molar-refractivity contribution in [3.8, 4) is 11.5 Å². The lowest BCUT2D eigenvalue weighted by atomic mass is 9.99. The lowest BCUT2D eigenvalue weighted by Gasteiger charge is -2.27. The van der Waals surface area contributed by atoms with Gasteiger partial charge in [0, 0.05) is 31.8 Å². The molecular weight excluding hydrogens is 448 g/mol. The molecule has 1 aliphatic rings. The molecule has 0 aliphatic carbocycles. The van der Waals surface area contributed by atoms with E-state index in [2.05, 4.69) is 35.2 Å². The van der Waals surface area contributed by atoms with E-state index in [9.17, 15) is 14.7 Å². The van der Waals surface area contributed by atoms with Crippen molar-refractivity contribution >= 4 is 23.3 Å². The van der Waals surface area contributed by atoms with Crippen LogP contribution in [0.4, 0.5) is 10.5 Å². The first-order chi connectivity index (χ1) is 17.0. The highest BCUT2D eigenvalue weighted by atomic mass is 16.6. The van der Waals surface area contributed by atoms with E-state index < -0.39 is 12.1 Å². The second-order valence-electron chi connectivity index (χ2n) is 8.23. The van der Waals surface area contributed by atoms with E-state index in [1.807, 2.05) is 6.07 Å². The number of rotatable bonds is 11. The zero-order chi connectivity index (χ0) is 25.2. The molecule has 2 aromatic carbocycles. The third-order valence-corrected chi connectivity index (χ3v) is 6.06. The number of aromatic carboxylic acids is 1. The van der Waals surface area contributed by atoms with E-state index in [1.54, 1.807) is 6.92 Å². The van der Waals surface area contributed by atoms with Gasteiger partial charge in [0.1, 0.15) is 0 Å². The van der Waals surface area contributed by atoms with Crippen LogP contribution in [0.5, 0.6) is 11.5 Å². The van der Waals surface area contributed by atoms with Crippen LogP contribution in [-0.2, 0) is 4.74 Å². The van der Waals surface area contributed by atoms with Crippen LogP contribution in [0.15, 0.2) is 48.5 Å². The Morgan fingerprint density at radius 3 is 2.37 bits per heavy atom. The van der Waals surface area contributed by atoms with Crippen molar-refractivity contribution < 1.29 is 28.9 Å². The molecule has 8 heteroatoms. The van der Waals surface area contributed by atoms with Crippen molar-refractivity contribution in [3.05, 3.63) is 59.7 Å². The van der Waals surface area contributed by atoms with Gasteiger partial charge in [-0.05, 0) is 43.9 Å². The van der Waals surface area contributed by atoms with Crippen LogP contribution in [0, 0.1) is 0 Å². The lowest BCUT2D eigenvalue weighted by molar-refractivity contribution is 0.0697. The number of nitrogens with zero attached hydrogens (tertiary/aromatic N) is 2. The van der Waals surface area contributed by atoms with E-state index in [0.717, 1.165) is 32.5 Å². The van der Waals surface area contributed by atoms with E-state index in [-0.39, 0.29) is 23.6 Å². The fourth-order valence-corrected chi connectivity index (χ4v) is 4.21. The molecule has 0 saturated carbocycles. The summed E-state index contributed by atoms with van der Waals surface area (Å²) in [7, 11) is 2.90. The first-order valence-corrected chi connectivity index (χ1v) is 11.9. The molecule has 1 N–H and O–H groups in total. The zero-order valence-corrected chi connectivity index (χ0v) is 20.7. The topological polar surface area (TPSA) is 88.5 Å². The van der Waals surface area contributed by atoms with Gasteiger partial charge in [-0.15, -0.1) is 0 Å². The van der Waals surface area contributed by atoms with Crippen molar-refractivity contribution in [1.82, 2.24) is 4.90 Å². The van der Waals surface area contributed by atoms with Crippen molar-refractivity contribution in [3.63, 3.8) is 0 Å². The maximum Gasteiger partial charge on any atom is 0.414 e. The summed E-state index contributed by atoms with van der Waals surface area (Å²) in [5.41, 5.74) is 2.83. The Morgan fingerprint density at radius 1 is 1.06 bits per heavy atom. The van der Waals surface area contributed by atoms with Crippen LogP contribution >= 0.6 is 0 Å². The Morgan fingerprint density at radius 2 is 1.77 bits per heavy atom. The van der Waals surface area contributed by atoms with Gasteiger partial charge in [-0.3, -0.25) is 9.80 Å². The second kappa shape index (κ2) is 12.8. The van der Waals surface area contributed by atoms with Gasteiger partial charge in [0.15, 0.2) is 11.5 Å². The number of carbonyl (C=O) groups excluding carboxylic acids is 1. The maximum atomic E-state index is 12.8. The van der Waals surface area contributed by atoms with Crippen LogP contribution in [0.1, 0.15) is 42.1 Å². The van der Waals surface area contributed by atoms with E-state index in [0.29, 0.717) is 18.7 Å². The standard InChI is InChI=1S/C27H34N2O6/c1-4-35-27(32)29(23-19-25(34-3)24(33-2)18-22(23)26(30)31)15-9-8-14-28-16-12-21(13-17-28)20-10-6-5-7-11-20/h5-7,10-12,18-19H,4,8-9,13-17H2,1-3H3,(H,30,31). The summed E-state index contributed by atoms with van der Waals surface area (Å²) in [5, 5.41) is 9.77. The largest absolute Gasteiger partial charge is 0.493 e. The molecular formula is C27H34N2O6. The molecule has 0 saturated heterocycles. The normalized spacial score (nSPS) is 13.6. The van der Waals surface area contributed by atoms with Gasteiger partial charge < -0.3 is 19.3 Å². The molecule has 0 aromatic heterocycles. The number of hydrogen-bond acceptors (Lipinski definition) is 6. The molecule has 0 unspecified atom stereocenters. The van der Waals surface area contributed by atoms with Gasteiger partial charge in [0.2, 0.25) is 0 Å². The number of anilines is 1. The number of benzene rings is 2. The van der Waals surface area contributed by atoms with Crippen molar-refractivity contribution in [1.29, 1.82) is 0 Å². The lowest BCUT2D eigenvalue weighted by Crippen LogP contribution is -2.35. The molecule has 8 nitrogen and oxygen atoms in total. The first-order valence-electron chi connectivity index (χ1n) is 11.9. The van der Waals surface area contributed by atoms with E-state index in [4.69, 9.17) is 14.2 Å². The van der Waals surface area contributed by atoms with Crippen LogP contribution in [0.25, 0.3) is 5.57 Å². The third kappa shape index (κ3) is 6.76. The van der Waals surface area contributed by atoms with Gasteiger partial charge in [-0.1, -0.05) is 36.4 Å². The summed E-state index contributed by atoms with van der Waals surface area (Å²) < 4.78 is 15.8. The van der Waals surface area contributed by atoms with Gasteiger partial charge in [-0.2, -0.15) is 0 Å². The highest BCUT2D eigenvalue weighted by molar-refractivity contribution is 6.01. The minimum Gasteiger partial charge on any atom is -0.493 e. The van der Waals surface area contributed by atoms with Crippen LogP contribution in [0.2, 0.25) is 0 Å². The summed E-state index contributed by atoms with van der Waals surface area (Å²) in [6.45, 7) is 5.01. The summed E-state index contributed by atoms with van der Waals surface area (Å²) >= 11 is 0. The second-order valence-corrected chi connectivity index (χ2v) is 8.23. The zero-order valence-electron chi connectivity index (χ0n) is 20.7. The Bertz CT molecular complexity index is 1040. The quantitative estimate of drug-likeness (QED) is 0.454. The number of ether oxygens (including phenoxy) is 3. The molecule has 35 heavy (non-hydrogen) atoms. The Kier molecular flexibility index (Phi) is 9.55. The number of carbonyl (C=O) groups is 2. The molecule has 1 aliphatic heterocycles. The number of methoxy groups -OCH3 is 2. The van der Waals surface area contributed by atoms with Gasteiger partial charge in [0.25, 0.3) is 0 Å². The molecule has 0 atom stereocenters. The molecule has 0 bridgehead atoms. The SMILES string of the molecule is CCOC(=O)N(CCCCN1CC=C(c2ccccc2)CC1)c1cc(OC)c(OC)cc1C(=O)O. The Hall–Kier alpha value is -3.52. The monoisotopic (exact) mass is 482 g/mol. The molecule has 188 valence electrons. The summed E-state index contributed by atoms with van der Waals surface area (Å²) in [6.07, 6.45) is 4.26. The molecule has 2 aromatic rings. The number of unbranched alkanes of at least 4 members (excludes halogenated alkanes) is 1. The van der Waals surface area contributed by atoms with E-state index >= 15 is 0 Å². The molecule has 1 amide bonds.